The Hall–Kier alpha value is -1.89. The summed E-state index contributed by atoms with van der Waals surface area (Å²) in [5.74, 6) is 0.0439. The van der Waals surface area contributed by atoms with Crippen LogP contribution in [0.15, 0.2) is 12.4 Å². The summed E-state index contributed by atoms with van der Waals surface area (Å²) < 4.78 is 1.67. The second-order valence-corrected chi connectivity index (χ2v) is 5.44. The topological polar surface area (TPSA) is 79.3 Å². The lowest BCUT2D eigenvalue weighted by molar-refractivity contribution is -0.125. The molecule has 1 aliphatic heterocycles. The Bertz CT molecular complexity index is 499. The van der Waals surface area contributed by atoms with E-state index in [-0.39, 0.29) is 17.9 Å². The Kier molecular flexibility index (Phi) is 5.32. The summed E-state index contributed by atoms with van der Waals surface area (Å²) in [4.78, 5) is 25.3. The smallest absolute Gasteiger partial charge is 0.244 e. The molecule has 7 nitrogen and oxygen atoms in total. The van der Waals surface area contributed by atoms with Crippen LogP contribution in [0.4, 0.5) is 0 Å². The van der Waals surface area contributed by atoms with E-state index in [1.807, 2.05) is 20.0 Å². The third kappa shape index (κ3) is 4.56. The quantitative estimate of drug-likeness (QED) is 0.705. The Labute approximate surface area is 124 Å². The fourth-order valence-electron chi connectivity index (χ4n) is 2.31. The molecule has 7 heteroatoms. The Morgan fingerprint density at radius 1 is 1.57 bits per heavy atom. The van der Waals surface area contributed by atoms with Gasteiger partial charge in [-0.1, -0.05) is 0 Å². The average Bonchev–Trinajstić information content (AvgIpc) is 2.89. The van der Waals surface area contributed by atoms with Gasteiger partial charge in [-0.05, 0) is 25.8 Å². The van der Waals surface area contributed by atoms with Crippen LogP contribution in [0.1, 0.15) is 24.9 Å². The Balaban J connectivity index is 1.66. The predicted molar refractivity (Wildman–Crippen MR) is 78.8 cm³/mol. The molecular weight excluding hydrogens is 270 g/mol. The summed E-state index contributed by atoms with van der Waals surface area (Å²) in [5.41, 5.74) is 1.04. The highest BCUT2D eigenvalue weighted by Gasteiger charge is 2.17. The number of nitrogens with one attached hydrogen (secondary N) is 2. The van der Waals surface area contributed by atoms with Crippen molar-refractivity contribution in [2.45, 2.75) is 26.3 Å². The Morgan fingerprint density at radius 3 is 3.05 bits per heavy atom. The minimum atomic E-state index is -0.306. The fourth-order valence-corrected chi connectivity index (χ4v) is 2.31. The van der Waals surface area contributed by atoms with Crippen LogP contribution in [-0.4, -0.2) is 59.2 Å². The molecule has 1 aromatic heterocycles. The molecule has 0 radical (unpaired) electrons. The Morgan fingerprint density at radius 2 is 2.38 bits per heavy atom. The minimum Gasteiger partial charge on any atom is -0.354 e. The average molecular weight is 293 g/mol. The fraction of sp³-hybridized carbons (Fsp3) is 0.643. The lowest BCUT2D eigenvalue weighted by Crippen LogP contribution is -2.48. The van der Waals surface area contributed by atoms with Crippen molar-refractivity contribution in [2.24, 2.45) is 0 Å². The number of hydrogen-bond acceptors (Lipinski definition) is 4. The summed E-state index contributed by atoms with van der Waals surface area (Å²) >= 11 is 0. The van der Waals surface area contributed by atoms with E-state index in [4.69, 9.17) is 0 Å². The second-order valence-electron chi connectivity index (χ2n) is 5.44. The van der Waals surface area contributed by atoms with Crippen molar-refractivity contribution >= 4 is 11.8 Å². The van der Waals surface area contributed by atoms with Gasteiger partial charge < -0.3 is 10.6 Å². The molecule has 2 rings (SSSR count). The molecule has 0 bridgehead atoms. The lowest BCUT2D eigenvalue weighted by Gasteiger charge is -2.26. The molecule has 1 atom stereocenters. The number of carbonyl (C=O) groups is 2. The van der Waals surface area contributed by atoms with E-state index in [0.717, 1.165) is 25.1 Å². The number of nitrogens with zero attached hydrogens (tertiary/aromatic N) is 3. The molecule has 0 aliphatic carbocycles. The zero-order valence-electron chi connectivity index (χ0n) is 12.6. The number of carbonyl (C=O) groups excluding carboxylic acids is 2. The molecule has 0 aromatic carbocycles. The van der Waals surface area contributed by atoms with Crippen LogP contribution in [0.5, 0.6) is 0 Å². The van der Waals surface area contributed by atoms with Gasteiger partial charge in [0.05, 0.1) is 12.7 Å². The number of rotatable bonds is 6. The van der Waals surface area contributed by atoms with Crippen molar-refractivity contribution in [2.75, 3.05) is 32.7 Å². The van der Waals surface area contributed by atoms with E-state index >= 15 is 0 Å². The normalized spacial score (nSPS) is 17.3. The molecule has 0 spiro atoms. The van der Waals surface area contributed by atoms with Gasteiger partial charge in [0, 0.05) is 32.4 Å². The van der Waals surface area contributed by atoms with Gasteiger partial charge in [0.25, 0.3) is 0 Å². The minimum absolute atomic E-state index is 0.0329. The largest absolute Gasteiger partial charge is 0.354 e. The van der Waals surface area contributed by atoms with Gasteiger partial charge in [0.2, 0.25) is 11.8 Å². The summed E-state index contributed by atoms with van der Waals surface area (Å²) in [5, 5.41) is 9.86. The number of hydrogen-bond donors (Lipinski definition) is 2. The number of amides is 2. The zero-order valence-corrected chi connectivity index (χ0v) is 12.6. The molecule has 2 heterocycles. The monoisotopic (exact) mass is 293 g/mol. The van der Waals surface area contributed by atoms with Crippen LogP contribution in [0.3, 0.4) is 0 Å². The van der Waals surface area contributed by atoms with Crippen molar-refractivity contribution in [3.05, 3.63) is 18.0 Å². The molecular formula is C14H23N5O2. The highest BCUT2D eigenvalue weighted by Crippen LogP contribution is 2.05. The maximum Gasteiger partial charge on any atom is 0.244 e. The molecule has 1 fully saturated rings. The van der Waals surface area contributed by atoms with Crippen LogP contribution >= 0.6 is 0 Å². The first-order chi connectivity index (χ1) is 10.1. The van der Waals surface area contributed by atoms with Gasteiger partial charge in [-0.2, -0.15) is 5.10 Å². The predicted octanol–water partition coefficient (Wildman–Crippen LogP) is -0.309. The molecule has 0 unspecified atom stereocenters. The van der Waals surface area contributed by atoms with E-state index < -0.39 is 0 Å². The molecule has 21 heavy (non-hydrogen) atoms. The first-order valence-corrected chi connectivity index (χ1v) is 7.34. The lowest BCUT2D eigenvalue weighted by atomic mass is 10.3. The first kappa shape index (κ1) is 15.5. The molecule has 0 saturated carbocycles. The van der Waals surface area contributed by atoms with Crippen molar-refractivity contribution in [3.63, 3.8) is 0 Å². The molecule has 2 N–H and O–H groups in total. The van der Waals surface area contributed by atoms with Crippen LogP contribution in [0.2, 0.25) is 0 Å². The van der Waals surface area contributed by atoms with E-state index in [1.54, 1.807) is 10.9 Å². The van der Waals surface area contributed by atoms with Gasteiger partial charge in [0.1, 0.15) is 6.04 Å². The highest BCUT2D eigenvalue weighted by atomic mass is 16.2. The number of piperazine rings is 1. The molecule has 116 valence electrons. The molecule has 1 aromatic rings. The van der Waals surface area contributed by atoms with E-state index in [2.05, 4.69) is 20.6 Å². The first-order valence-electron chi connectivity index (χ1n) is 7.34. The third-order valence-corrected chi connectivity index (χ3v) is 3.57. The van der Waals surface area contributed by atoms with Crippen molar-refractivity contribution in [3.8, 4) is 0 Å². The molecule has 2 amide bonds. The SMILES string of the molecule is Cc1cnn([C@H](C)C(=O)NCCCN2CCNC(=O)C2)c1. The van der Waals surface area contributed by atoms with Crippen LogP contribution < -0.4 is 10.6 Å². The van der Waals surface area contributed by atoms with Gasteiger partial charge in [0.15, 0.2) is 0 Å². The summed E-state index contributed by atoms with van der Waals surface area (Å²) in [6, 6.07) is -0.306. The summed E-state index contributed by atoms with van der Waals surface area (Å²) in [6.07, 6.45) is 4.44. The van der Waals surface area contributed by atoms with Gasteiger partial charge in [-0.25, -0.2) is 0 Å². The summed E-state index contributed by atoms with van der Waals surface area (Å²) in [7, 11) is 0. The van der Waals surface area contributed by atoms with Gasteiger partial charge in [-0.15, -0.1) is 0 Å². The zero-order chi connectivity index (χ0) is 15.2. The summed E-state index contributed by atoms with van der Waals surface area (Å²) in [6.45, 7) is 7.25. The highest BCUT2D eigenvalue weighted by molar-refractivity contribution is 5.79. The van der Waals surface area contributed by atoms with Crippen molar-refractivity contribution in [1.29, 1.82) is 0 Å². The van der Waals surface area contributed by atoms with Crippen LogP contribution in [0, 0.1) is 6.92 Å². The van der Waals surface area contributed by atoms with E-state index in [0.29, 0.717) is 19.6 Å². The third-order valence-electron chi connectivity index (χ3n) is 3.57. The van der Waals surface area contributed by atoms with Crippen molar-refractivity contribution < 1.29 is 9.59 Å². The maximum absolute atomic E-state index is 12.0. The molecule has 1 aliphatic rings. The maximum atomic E-state index is 12.0. The van der Waals surface area contributed by atoms with Gasteiger partial charge in [-0.3, -0.25) is 19.2 Å². The standard InChI is InChI=1S/C14H23N5O2/c1-11-8-17-19(9-11)12(2)14(21)16-4-3-6-18-7-5-15-13(20)10-18/h8-9,12H,3-7,10H2,1-2H3,(H,15,20)(H,16,21)/t12-/m1/s1. The van der Waals surface area contributed by atoms with Crippen LogP contribution in [-0.2, 0) is 9.59 Å². The van der Waals surface area contributed by atoms with Crippen LogP contribution in [0.25, 0.3) is 0 Å². The van der Waals surface area contributed by atoms with Crippen molar-refractivity contribution in [1.82, 2.24) is 25.3 Å². The van der Waals surface area contributed by atoms with Gasteiger partial charge >= 0.3 is 0 Å². The second kappa shape index (κ2) is 7.21. The number of aryl methyl sites for hydroxylation is 1. The molecule has 1 saturated heterocycles. The van der Waals surface area contributed by atoms with E-state index in [9.17, 15) is 9.59 Å². The van der Waals surface area contributed by atoms with E-state index in [1.165, 1.54) is 0 Å². The number of aromatic nitrogens is 2.